The van der Waals surface area contributed by atoms with Gasteiger partial charge in [0.1, 0.15) is 0 Å². The van der Waals surface area contributed by atoms with Crippen molar-refractivity contribution >= 4 is 107 Å². The molecule has 0 N–H and O–H groups in total. The third kappa shape index (κ3) is 4.11. The summed E-state index contributed by atoms with van der Waals surface area (Å²) in [4.78, 5) is 10.8. The van der Waals surface area contributed by atoms with Crippen LogP contribution < -0.4 is 0 Å². The molecule has 0 aliphatic heterocycles. The van der Waals surface area contributed by atoms with E-state index in [0.29, 0.717) is 5.95 Å². The first kappa shape index (κ1) is 30.2. The molecule has 56 heavy (non-hydrogen) atoms. The number of rotatable bonds is 3. The maximum Gasteiger partial charge on any atom is 0.235 e. The van der Waals surface area contributed by atoms with E-state index in [4.69, 9.17) is 9.97 Å². The van der Waals surface area contributed by atoms with Gasteiger partial charge in [-0.3, -0.25) is 4.57 Å². The van der Waals surface area contributed by atoms with Gasteiger partial charge in [-0.1, -0.05) is 133 Å². The smallest absolute Gasteiger partial charge is 0.235 e. The molecule has 0 amide bonds. The number of aromatic nitrogens is 3. The summed E-state index contributed by atoms with van der Waals surface area (Å²) in [7, 11) is 0. The lowest BCUT2D eigenvalue weighted by Gasteiger charge is -2.17. The van der Waals surface area contributed by atoms with E-state index < -0.39 is 0 Å². The van der Waals surface area contributed by atoms with Gasteiger partial charge in [-0.25, -0.2) is 9.97 Å². The molecule has 0 saturated carbocycles. The standard InChI is InChI=1S/C52H29N3S/c1-4-19-44-41(14-1)51(40-25-24-39-36-16-8-11-30-10-7-15-35(49(30)36)37-17-9-18-38(40)50(37)39)54-52(53-44)55-45-20-5-2-12-33(45)42-28-31(22-26-46(42)55)32-23-27-48-43(29-32)34-13-3-6-21-47(34)56-48/h1-29H. The molecule has 10 aromatic carbocycles. The summed E-state index contributed by atoms with van der Waals surface area (Å²) in [6, 6.07) is 64.2. The molecule has 3 heterocycles. The van der Waals surface area contributed by atoms with Crippen LogP contribution in [-0.2, 0) is 0 Å². The van der Waals surface area contributed by atoms with E-state index in [2.05, 4.69) is 180 Å². The minimum Gasteiger partial charge on any atom is -0.278 e. The Balaban J connectivity index is 1.05. The van der Waals surface area contributed by atoms with Crippen LogP contribution in [0.1, 0.15) is 0 Å². The number of hydrogen-bond donors (Lipinski definition) is 0. The Bertz CT molecular complexity index is 3730. The lowest BCUT2D eigenvalue weighted by molar-refractivity contribution is 1.01. The van der Waals surface area contributed by atoms with Crippen LogP contribution in [0, 0.1) is 0 Å². The first-order chi connectivity index (χ1) is 27.8. The van der Waals surface area contributed by atoms with Crippen molar-refractivity contribution in [3.63, 3.8) is 0 Å². The van der Waals surface area contributed by atoms with Gasteiger partial charge < -0.3 is 0 Å². The molecule has 3 aromatic heterocycles. The van der Waals surface area contributed by atoms with Gasteiger partial charge in [0.15, 0.2) is 0 Å². The predicted octanol–water partition coefficient (Wildman–Crippen LogP) is 14.5. The minimum absolute atomic E-state index is 0.666. The first-order valence-corrected chi connectivity index (χ1v) is 19.9. The fraction of sp³-hybridized carbons (Fsp3) is 0. The molecular formula is C52H29N3S. The highest BCUT2D eigenvalue weighted by atomic mass is 32.1. The zero-order chi connectivity index (χ0) is 36.5. The summed E-state index contributed by atoms with van der Waals surface area (Å²) in [5, 5.41) is 16.2. The number of thiophene rings is 1. The zero-order valence-electron chi connectivity index (χ0n) is 30.0. The minimum atomic E-state index is 0.666. The van der Waals surface area contributed by atoms with Gasteiger partial charge in [0.2, 0.25) is 5.95 Å². The normalized spacial score (nSPS) is 12.3. The highest BCUT2D eigenvalue weighted by Crippen LogP contribution is 2.44. The second-order valence-electron chi connectivity index (χ2n) is 14.9. The summed E-state index contributed by atoms with van der Waals surface area (Å²) in [5.41, 5.74) is 7.54. The van der Waals surface area contributed by atoms with Crippen molar-refractivity contribution in [2.75, 3.05) is 0 Å². The number of fused-ring (bicyclic) bond motifs is 9. The number of hydrogen-bond acceptors (Lipinski definition) is 3. The zero-order valence-corrected chi connectivity index (χ0v) is 30.8. The van der Waals surface area contributed by atoms with Crippen LogP contribution in [0.3, 0.4) is 0 Å². The van der Waals surface area contributed by atoms with Crippen molar-refractivity contribution in [1.29, 1.82) is 0 Å². The Morgan fingerprint density at radius 3 is 1.84 bits per heavy atom. The third-order valence-electron chi connectivity index (χ3n) is 12.0. The van der Waals surface area contributed by atoms with Crippen molar-refractivity contribution in [1.82, 2.24) is 14.5 Å². The van der Waals surface area contributed by atoms with Crippen LogP contribution in [0.5, 0.6) is 0 Å². The summed E-state index contributed by atoms with van der Waals surface area (Å²) in [5.74, 6) is 0.666. The van der Waals surface area contributed by atoms with E-state index in [-0.39, 0.29) is 0 Å². The lowest BCUT2D eigenvalue weighted by atomic mass is 9.87. The van der Waals surface area contributed by atoms with Gasteiger partial charge >= 0.3 is 0 Å². The SMILES string of the molecule is c1ccc2c(-c3ccc4c5cccc6cccc(c7cccc3c74)c65)nc(-n3c4ccccc4c4cc(-c5ccc6sc7ccccc7c6c5)ccc43)nc2c1. The van der Waals surface area contributed by atoms with Gasteiger partial charge in [0.25, 0.3) is 0 Å². The maximum absolute atomic E-state index is 5.54. The summed E-state index contributed by atoms with van der Waals surface area (Å²) in [6.45, 7) is 0. The molecule has 0 unspecified atom stereocenters. The van der Waals surface area contributed by atoms with Crippen molar-refractivity contribution in [3.8, 4) is 28.3 Å². The highest BCUT2D eigenvalue weighted by molar-refractivity contribution is 7.25. The van der Waals surface area contributed by atoms with Gasteiger partial charge in [-0.05, 0) is 96.7 Å². The Morgan fingerprint density at radius 2 is 0.982 bits per heavy atom. The molecule has 0 bridgehead atoms. The quantitative estimate of drug-likeness (QED) is 0.134. The van der Waals surface area contributed by atoms with Crippen LogP contribution in [-0.4, -0.2) is 14.5 Å². The third-order valence-corrected chi connectivity index (χ3v) is 13.1. The van der Waals surface area contributed by atoms with Crippen molar-refractivity contribution in [2.45, 2.75) is 0 Å². The summed E-state index contributed by atoms with van der Waals surface area (Å²) in [6.07, 6.45) is 0. The van der Waals surface area contributed by atoms with Crippen molar-refractivity contribution in [3.05, 3.63) is 176 Å². The largest absolute Gasteiger partial charge is 0.278 e. The fourth-order valence-electron chi connectivity index (χ4n) is 9.50. The molecule has 0 fully saturated rings. The summed E-state index contributed by atoms with van der Waals surface area (Å²) < 4.78 is 4.89. The molecule has 0 aliphatic rings. The number of para-hydroxylation sites is 2. The molecule has 258 valence electrons. The second-order valence-corrected chi connectivity index (χ2v) is 16.0. The monoisotopic (exact) mass is 727 g/mol. The van der Waals surface area contributed by atoms with Crippen LogP contribution in [0.25, 0.3) is 124 Å². The van der Waals surface area contributed by atoms with E-state index >= 15 is 0 Å². The Kier molecular flexibility index (Phi) is 6.04. The lowest BCUT2D eigenvalue weighted by Crippen LogP contribution is -2.03. The molecule has 0 spiro atoms. The van der Waals surface area contributed by atoms with Gasteiger partial charge in [0, 0.05) is 41.9 Å². The molecule has 0 aliphatic carbocycles. The van der Waals surface area contributed by atoms with Crippen LogP contribution >= 0.6 is 11.3 Å². The molecular weight excluding hydrogens is 699 g/mol. The van der Waals surface area contributed by atoms with E-state index in [0.717, 1.165) is 33.2 Å². The topological polar surface area (TPSA) is 30.7 Å². The predicted molar refractivity (Wildman–Crippen MR) is 239 cm³/mol. The molecule has 3 nitrogen and oxygen atoms in total. The van der Waals surface area contributed by atoms with Crippen LogP contribution in [0.15, 0.2) is 176 Å². The number of benzene rings is 10. The van der Waals surface area contributed by atoms with Crippen molar-refractivity contribution in [2.24, 2.45) is 0 Å². The van der Waals surface area contributed by atoms with Gasteiger partial charge in [-0.15, -0.1) is 11.3 Å². The molecule has 0 radical (unpaired) electrons. The highest BCUT2D eigenvalue weighted by Gasteiger charge is 2.21. The molecule has 13 rings (SSSR count). The van der Waals surface area contributed by atoms with Crippen LogP contribution in [0.4, 0.5) is 0 Å². The summed E-state index contributed by atoms with van der Waals surface area (Å²) >= 11 is 1.86. The molecule has 0 saturated heterocycles. The van der Waals surface area contributed by atoms with E-state index in [1.54, 1.807) is 0 Å². The van der Waals surface area contributed by atoms with Crippen LogP contribution in [0.2, 0.25) is 0 Å². The Hall–Kier alpha value is -7.14. The fourth-order valence-corrected chi connectivity index (χ4v) is 10.6. The van der Waals surface area contributed by atoms with Gasteiger partial charge in [0.05, 0.1) is 22.2 Å². The number of nitrogens with zero attached hydrogens (tertiary/aromatic N) is 3. The first-order valence-electron chi connectivity index (χ1n) is 19.1. The molecule has 0 atom stereocenters. The Labute approximate surface area is 324 Å². The van der Waals surface area contributed by atoms with Crippen molar-refractivity contribution < 1.29 is 0 Å². The second kappa shape index (κ2) is 11.2. The van der Waals surface area contributed by atoms with E-state index in [1.165, 1.54) is 85.2 Å². The van der Waals surface area contributed by atoms with Gasteiger partial charge in [-0.2, -0.15) is 0 Å². The average Bonchev–Trinajstić information content (AvgIpc) is 3.80. The molecule has 4 heteroatoms. The Morgan fingerprint density at radius 1 is 0.375 bits per heavy atom. The van der Waals surface area contributed by atoms with E-state index in [1.807, 2.05) is 11.3 Å². The molecule has 13 aromatic rings. The maximum atomic E-state index is 5.54. The van der Waals surface area contributed by atoms with E-state index in [9.17, 15) is 0 Å². The average molecular weight is 728 g/mol.